The number of carbonyl (C=O) groups is 1. The topological polar surface area (TPSA) is 85.8 Å². The van der Waals surface area contributed by atoms with Crippen LogP contribution < -0.4 is 0 Å². The highest BCUT2D eigenvalue weighted by Crippen LogP contribution is 2.15. The Kier molecular flexibility index (Phi) is 4.12. The molecular weight excluding hydrogens is 218 g/mol. The summed E-state index contributed by atoms with van der Waals surface area (Å²) < 4.78 is 0. The van der Waals surface area contributed by atoms with Gasteiger partial charge in [0, 0.05) is 6.92 Å². The normalized spacial score (nSPS) is 12.1. The summed E-state index contributed by atoms with van der Waals surface area (Å²) in [6.07, 6.45) is 0. The first kappa shape index (κ1) is 12.6. The van der Waals surface area contributed by atoms with Gasteiger partial charge in [-0.2, -0.15) is 10.4 Å². The van der Waals surface area contributed by atoms with Crippen molar-refractivity contribution in [2.75, 3.05) is 0 Å². The molecule has 17 heavy (non-hydrogen) atoms. The molecule has 0 heterocycles. The number of hydrogen-bond donors (Lipinski definition) is 1. The van der Waals surface area contributed by atoms with Crippen LogP contribution in [0.4, 0.5) is 5.69 Å². The van der Waals surface area contributed by atoms with Crippen LogP contribution in [-0.2, 0) is 4.79 Å². The number of benzene rings is 1. The summed E-state index contributed by atoms with van der Waals surface area (Å²) in [5, 5.41) is 25.3. The second-order valence-corrected chi connectivity index (χ2v) is 3.35. The monoisotopic (exact) mass is 229 g/mol. The fourth-order valence-electron chi connectivity index (χ4n) is 1.11. The minimum Gasteiger partial charge on any atom is -0.510 e. The van der Waals surface area contributed by atoms with Crippen molar-refractivity contribution in [2.24, 2.45) is 10.2 Å². The number of hydrogen-bond acceptors (Lipinski definition) is 5. The van der Waals surface area contributed by atoms with Crippen molar-refractivity contribution in [3.8, 4) is 6.07 Å². The third-order valence-corrected chi connectivity index (χ3v) is 1.94. The van der Waals surface area contributed by atoms with Gasteiger partial charge >= 0.3 is 0 Å². The molecule has 1 N–H and O–H groups in total. The van der Waals surface area contributed by atoms with Crippen LogP contribution in [-0.4, -0.2) is 10.9 Å². The summed E-state index contributed by atoms with van der Waals surface area (Å²) in [5.74, 6) is -0.530. The van der Waals surface area contributed by atoms with E-state index in [-0.39, 0.29) is 17.2 Å². The van der Waals surface area contributed by atoms with Crippen molar-refractivity contribution in [2.45, 2.75) is 13.8 Å². The third-order valence-electron chi connectivity index (χ3n) is 1.94. The second-order valence-electron chi connectivity index (χ2n) is 3.35. The van der Waals surface area contributed by atoms with E-state index in [1.807, 2.05) is 6.07 Å². The summed E-state index contributed by atoms with van der Waals surface area (Å²) in [6.45, 7) is 2.67. The molecule has 5 nitrogen and oxygen atoms in total. The van der Waals surface area contributed by atoms with E-state index in [1.165, 1.54) is 13.8 Å². The van der Waals surface area contributed by atoms with Gasteiger partial charge < -0.3 is 5.11 Å². The zero-order chi connectivity index (χ0) is 12.8. The Balaban J connectivity index is 2.94. The standard InChI is InChI=1S/C12H11N3O2/c1-8(16)12(9(2)17)15-14-11-5-3-10(7-13)4-6-11/h3-6,16H,1-2H3/b12-8+,15-14?. The molecule has 1 aromatic carbocycles. The summed E-state index contributed by atoms with van der Waals surface area (Å²) in [7, 11) is 0. The maximum Gasteiger partial charge on any atom is 0.183 e. The minimum atomic E-state index is -0.359. The molecule has 86 valence electrons. The lowest BCUT2D eigenvalue weighted by atomic mass is 10.2. The van der Waals surface area contributed by atoms with Gasteiger partial charge in [-0.25, -0.2) is 0 Å². The van der Waals surface area contributed by atoms with E-state index >= 15 is 0 Å². The smallest absolute Gasteiger partial charge is 0.183 e. The lowest BCUT2D eigenvalue weighted by Crippen LogP contribution is -1.96. The molecule has 1 aromatic rings. The highest BCUT2D eigenvalue weighted by molar-refractivity contribution is 5.93. The molecule has 0 aliphatic heterocycles. The molecule has 5 heteroatoms. The van der Waals surface area contributed by atoms with Crippen LogP contribution in [0, 0.1) is 11.3 Å². The Bertz CT molecular complexity index is 518. The first-order valence-electron chi connectivity index (χ1n) is 4.87. The molecule has 0 radical (unpaired) electrons. The van der Waals surface area contributed by atoms with Gasteiger partial charge in [0.05, 0.1) is 17.3 Å². The van der Waals surface area contributed by atoms with E-state index < -0.39 is 0 Å². The summed E-state index contributed by atoms with van der Waals surface area (Å²) >= 11 is 0. The van der Waals surface area contributed by atoms with Crippen LogP contribution >= 0.6 is 0 Å². The van der Waals surface area contributed by atoms with Crippen LogP contribution in [0.1, 0.15) is 19.4 Å². The molecule has 0 aliphatic rings. The first-order valence-corrected chi connectivity index (χ1v) is 4.87. The lowest BCUT2D eigenvalue weighted by Gasteiger charge is -1.96. The van der Waals surface area contributed by atoms with E-state index in [0.29, 0.717) is 11.3 Å². The molecule has 0 atom stereocenters. The number of nitrogens with zero attached hydrogens (tertiary/aromatic N) is 3. The zero-order valence-electron chi connectivity index (χ0n) is 9.51. The van der Waals surface area contributed by atoms with Crippen molar-refractivity contribution >= 4 is 11.5 Å². The molecular formula is C12H11N3O2. The number of rotatable bonds is 3. The number of aliphatic hydroxyl groups is 1. The molecule has 0 aliphatic carbocycles. The number of carbonyl (C=O) groups excluding carboxylic acids is 1. The average molecular weight is 229 g/mol. The highest BCUT2D eigenvalue weighted by atomic mass is 16.3. The Hall–Kier alpha value is -2.48. The molecule has 0 aromatic heterocycles. The van der Waals surface area contributed by atoms with Crippen molar-refractivity contribution in [3.05, 3.63) is 41.3 Å². The summed E-state index contributed by atoms with van der Waals surface area (Å²) in [4.78, 5) is 11.1. The Labute approximate surface area is 98.7 Å². The predicted molar refractivity (Wildman–Crippen MR) is 61.7 cm³/mol. The number of Topliss-reactive ketones (excluding diaryl/α,β-unsaturated/α-hetero) is 1. The predicted octanol–water partition coefficient (Wildman–Crippen LogP) is 3.02. The van der Waals surface area contributed by atoms with Crippen LogP contribution in [0.15, 0.2) is 46.0 Å². The maximum atomic E-state index is 11.1. The van der Waals surface area contributed by atoms with Gasteiger partial charge in [0.15, 0.2) is 11.5 Å². The number of ketones is 1. The number of azo groups is 1. The second kappa shape index (κ2) is 5.56. The maximum absolute atomic E-state index is 11.1. The zero-order valence-corrected chi connectivity index (χ0v) is 9.51. The molecule has 1 rings (SSSR count). The molecule has 0 bridgehead atoms. The number of aliphatic hydroxyl groups excluding tert-OH is 1. The van der Waals surface area contributed by atoms with Crippen molar-refractivity contribution < 1.29 is 9.90 Å². The molecule has 0 saturated heterocycles. The van der Waals surface area contributed by atoms with Crippen LogP contribution in [0.2, 0.25) is 0 Å². The van der Waals surface area contributed by atoms with Gasteiger partial charge in [0.2, 0.25) is 0 Å². The molecule has 0 amide bonds. The fraction of sp³-hybridized carbons (Fsp3) is 0.167. The summed E-state index contributed by atoms with van der Waals surface area (Å²) in [6, 6.07) is 8.38. The van der Waals surface area contributed by atoms with Gasteiger partial charge in [-0.1, -0.05) is 0 Å². The van der Waals surface area contributed by atoms with Crippen LogP contribution in [0.5, 0.6) is 0 Å². The van der Waals surface area contributed by atoms with Gasteiger partial charge in [-0.3, -0.25) is 4.79 Å². The average Bonchev–Trinajstić information content (AvgIpc) is 2.29. The fourth-order valence-corrected chi connectivity index (χ4v) is 1.11. The molecule has 0 fully saturated rings. The van der Waals surface area contributed by atoms with Crippen LogP contribution in [0.25, 0.3) is 0 Å². The van der Waals surface area contributed by atoms with E-state index in [9.17, 15) is 9.90 Å². The Morgan fingerprint density at radius 2 is 1.88 bits per heavy atom. The highest BCUT2D eigenvalue weighted by Gasteiger charge is 2.06. The quantitative estimate of drug-likeness (QED) is 0.491. The van der Waals surface area contributed by atoms with Crippen molar-refractivity contribution in [1.29, 1.82) is 5.26 Å². The van der Waals surface area contributed by atoms with Gasteiger partial charge in [-0.15, -0.1) is 5.11 Å². The van der Waals surface area contributed by atoms with Crippen LogP contribution in [0.3, 0.4) is 0 Å². The third kappa shape index (κ3) is 3.54. The largest absolute Gasteiger partial charge is 0.510 e. The lowest BCUT2D eigenvalue weighted by molar-refractivity contribution is -0.113. The van der Waals surface area contributed by atoms with Crippen molar-refractivity contribution in [3.63, 3.8) is 0 Å². The Morgan fingerprint density at radius 1 is 1.29 bits per heavy atom. The minimum absolute atomic E-state index is 0.0747. The first-order chi connectivity index (χ1) is 8.04. The molecule has 0 unspecified atom stereocenters. The van der Waals surface area contributed by atoms with Gasteiger partial charge in [-0.05, 0) is 31.2 Å². The van der Waals surface area contributed by atoms with Crippen molar-refractivity contribution in [1.82, 2.24) is 0 Å². The van der Waals surface area contributed by atoms with E-state index in [1.54, 1.807) is 24.3 Å². The molecule has 0 saturated carbocycles. The van der Waals surface area contributed by atoms with E-state index in [4.69, 9.17) is 5.26 Å². The van der Waals surface area contributed by atoms with E-state index in [2.05, 4.69) is 10.2 Å². The SMILES string of the molecule is CC(=O)/C(N=Nc1ccc(C#N)cc1)=C(/C)O. The Morgan fingerprint density at radius 3 is 2.29 bits per heavy atom. The molecule has 0 spiro atoms. The number of nitriles is 1. The van der Waals surface area contributed by atoms with Gasteiger partial charge in [0.25, 0.3) is 0 Å². The number of allylic oxidation sites excluding steroid dienone is 2. The summed E-state index contributed by atoms with van der Waals surface area (Å²) in [5.41, 5.74) is 0.947. The van der Waals surface area contributed by atoms with E-state index in [0.717, 1.165) is 0 Å². The van der Waals surface area contributed by atoms with Gasteiger partial charge in [0.1, 0.15) is 5.76 Å².